The van der Waals surface area contributed by atoms with Crippen molar-refractivity contribution < 1.29 is 57.6 Å². The molecule has 1 aromatic carbocycles. The predicted octanol–water partition coefficient (Wildman–Crippen LogP) is 5.80. The van der Waals surface area contributed by atoms with Crippen LogP contribution in [0.15, 0.2) is 30.3 Å². The van der Waals surface area contributed by atoms with Crippen LogP contribution in [0, 0.1) is 17.3 Å². The summed E-state index contributed by atoms with van der Waals surface area (Å²) < 4.78 is 23.0. The fourth-order valence-electron chi connectivity index (χ4n) is 9.84. The van der Waals surface area contributed by atoms with E-state index in [4.69, 9.17) is 24.7 Å². The maximum absolute atomic E-state index is 14.7. The Hall–Kier alpha value is -5.01. The maximum atomic E-state index is 14.7. The number of nitrogens with two attached hydrogens (primary N) is 1. The van der Waals surface area contributed by atoms with E-state index in [2.05, 4.69) is 28.2 Å². The molecular formula is C53H87N7O12. The lowest BCUT2D eigenvalue weighted by Gasteiger charge is -2.58. The van der Waals surface area contributed by atoms with Crippen molar-refractivity contribution in [1.29, 1.82) is 0 Å². The minimum Gasteiger partial charge on any atom is -0.480 e. The number of likely N-dealkylation sites (N-methyl/N-ethyl adjacent to an activating group) is 1. The Morgan fingerprint density at radius 2 is 1.49 bits per heavy atom. The van der Waals surface area contributed by atoms with E-state index in [1.807, 2.05) is 26.8 Å². The molecule has 6 amide bonds. The van der Waals surface area contributed by atoms with Gasteiger partial charge in [0.1, 0.15) is 30.3 Å². The summed E-state index contributed by atoms with van der Waals surface area (Å²) in [5.74, 6) is -4.70. The summed E-state index contributed by atoms with van der Waals surface area (Å²) in [6.45, 7) is 13.5. The largest absolute Gasteiger partial charge is 0.480 e. The van der Waals surface area contributed by atoms with Gasteiger partial charge in [-0.25, -0.2) is 14.4 Å². The van der Waals surface area contributed by atoms with Gasteiger partial charge in [0, 0.05) is 31.6 Å². The number of amides is 6. The van der Waals surface area contributed by atoms with Crippen LogP contribution >= 0.6 is 0 Å². The van der Waals surface area contributed by atoms with Crippen LogP contribution in [0.25, 0.3) is 0 Å². The molecule has 1 aliphatic heterocycles. The van der Waals surface area contributed by atoms with Crippen molar-refractivity contribution in [3.8, 4) is 0 Å². The van der Waals surface area contributed by atoms with Crippen LogP contribution in [0.4, 0.5) is 9.59 Å². The van der Waals surface area contributed by atoms with E-state index in [0.717, 1.165) is 56.9 Å². The average molecular weight is 1010 g/mol. The Balaban J connectivity index is 1.50. The van der Waals surface area contributed by atoms with E-state index in [1.165, 1.54) is 4.90 Å². The van der Waals surface area contributed by atoms with Gasteiger partial charge in [-0.3, -0.25) is 19.2 Å². The van der Waals surface area contributed by atoms with Crippen molar-refractivity contribution in [2.75, 3.05) is 39.9 Å². The van der Waals surface area contributed by atoms with Gasteiger partial charge >= 0.3 is 18.2 Å². The van der Waals surface area contributed by atoms with Gasteiger partial charge < -0.3 is 60.9 Å². The van der Waals surface area contributed by atoms with E-state index < -0.39 is 78.1 Å². The lowest BCUT2D eigenvalue weighted by molar-refractivity contribution is -0.159. The normalized spacial score (nSPS) is 18.8. The molecule has 7 atom stereocenters. The quantitative estimate of drug-likeness (QED) is 0.0429. The summed E-state index contributed by atoms with van der Waals surface area (Å²) in [5.41, 5.74) is 5.99. The fraction of sp³-hybridized carbons (Fsp3) is 0.755. The minimum absolute atomic E-state index is 0.0696. The molecule has 1 heterocycles. The minimum atomic E-state index is -1.53. The molecule has 0 radical (unpaired) electrons. The molecule has 2 saturated carbocycles. The molecule has 19 nitrogen and oxygen atoms in total. The topological polar surface area (TPSA) is 257 Å². The van der Waals surface area contributed by atoms with Crippen LogP contribution < -0.4 is 27.0 Å². The van der Waals surface area contributed by atoms with Crippen LogP contribution in [0.3, 0.4) is 0 Å². The number of rotatable bonds is 28. The van der Waals surface area contributed by atoms with E-state index in [1.54, 1.807) is 57.0 Å². The summed E-state index contributed by atoms with van der Waals surface area (Å²) in [6, 6.07) is 3.62. The number of carboxylic acids is 1. The van der Waals surface area contributed by atoms with Gasteiger partial charge in [0.05, 0.1) is 37.9 Å². The number of unbranched alkanes of at least 4 members (excludes halogenated alkanes) is 3. The molecule has 0 aromatic heterocycles. The molecule has 0 unspecified atom stereocenters. The van der Waals surface area contributed by atoms with E-state index in [9.17, 15) is 38.7 Å². The molecule has 19 heteroatoms. The van der Waals surface area contributed by atoms with Crippen LogP contribution in [0.2, 0.25) is 0 Å². The highest BCUT2D eigenvalue weighted by Gasteiger charge is 2.55. The number of hydrogen-bond donors (Lipinski definition) is 6. The van der Waals surface area contributed by atoms with Gasteiger partial charge in [0.25, 0.3) is 0 Å². The third kappa shape index (κ3) is 19.1. The zero-order valence-electron chi connectivity index (χ0n) is 44.3. The third-order valence-corrected chi connectivity index (χ3v) is 13.9. The first-order valence-corrected chi connectivity index (χ1v) is 26.5. The number of likely N-dealkylation sites (tertiary alicyclic amines) is 1. The highest BCUT2D eigenvalue weighted by Crippen LogP contribution is 2.50. The Bertz CT molecular complexity index is 1890. The number of carbonyl (C=O) groups is 7. The van der Waals surface area contributed by atoms with E-state index in [0.29, 0.717) is 58.0 Å². The number of carbonyl (C=O) groups excluding carboxylic acids is 6. The number of hydrogen-bond acceptors (Lipinski definition) is 12. The van der Waals surface area contributed by atoms with Gasteiger partial charge in [-0.1, -0.05) is 109 Å². The van der Waals surface area contributed by atoms with Crippen molar-refractivity contribution in [3.63, 3.8) is 0 Å². The number of alkyl carbamates (subject to hydrolysis) is 1. The summed E-state index contributed by atoms with van der Waals surface area (Å²) in [6.07, 6.45) is 9.49. The van der Waals surface area contributed by atoms with Gasteiger partial charge in [0.15, 0.2) is 6.04 Å². The number of nitrogens with one attached hydrogen (secondary N) is 4. The van der Waals surface area contributed by atoms with E-state index in [-0.39, 0.29) is 55.3 Å². The van der Waals surface area contributed by atoms with E-state index >= 15 is 0 Å². The fourth-order valence-corrected chi connectivity index (χ4v) is 9.84. The first-order chi connectivity index (χ1) is 34.1. The molecule has 7 N–H and O–H groups in total. The number of ether oxygens (including phenoxy) is 4. The second-order valence-corrected chi connectivity index (χ2v) is 21.6. The Kier molecular flexibility index (Phi) is 24.0. The highest BCUT2D eigenvalue weighted by atomic mass is 16.6. The molecule has 1 spiro atoms. The summed E-state index contributed by atoms with van der Waals surface area (Å²) in [7, 11) is 1.60. The monoisotopic (exact) mass is 1010 g/mol. The lowest BCUT2D eigenvalue weighted by atomic mass is 9.62. The van der Waals surface area contributed by atoms with Gasteiger partial charge in [-0.2, -0.15) is 0 Å². The van der Waals surface area contributed by atoms with Crippen LogP contribution in [0.5, 0.6) is 0 Å². The lowest BCUT2D eigenvalue weighted by Crippen LogP contribution is -2.66. The smallest absolute Gasteiger partial charge is 0.410 e. The first kappa shape index (κ1) is 59.6. The zero-order chi connectivity index (χ0) is 53.0. The maximum Gasteiger partial charge on any atom is 0.410 e. The molecule has 1 aromatic rings. The molecule has 72 heavy (non-hydrogen) atoms. The van der Waals surface area contributed by atoms with Gasteiger partial charge in [-0.05, 0) is 77.7 Å². The van der Waals surface area contributed by atoms with Crippen molar-refractivity contribution in [2.24, 2.45) is 23.0 Å². The van der Waals surface area contributed by atoms with Gasteiger partial charge in [0.2, 0.25) is 23.6 Å². The van der Waals surface area contributed by atoms with Crippen molar-refractivity contribution >= 4 is 41.8 Å². The second-order valence-electron chi connectivity index (χ2n) is 21.6. The first-order valence-electron chi connectivity index (χ1n) is 26.5. The average Bonchev–Trinajstić information content (AvgIpc) is 3.59. The molecular weight excluding hydrogens is 927 g/mol. The molecule has 2 aliphatic carbocycles. The van der Waals surface area contributed by atoms with Crippen LogP contribution in [-0.4, -0.2) is 145 Å². The number of aliphatic carboxylic acids is 1. The molecule has 0 bridgehead atoms. The number of benzene rings is 1. The SMILES string of the molecule is CCCCCC[C@@H](OC[C@@H](C)N)[C@@H](C)C(=O)N(C)[C@@H](CCC)C(=O)N[C@H](C(=O)N[C@@H](CNC(=O)OCc1ccccc1)C(=O)N[C@@H](COC1CC2(C1)CN(C(=O)OC(C)(C)C)C2)C(=O)O)C1CCCCCC1. The molecule has 3 fully saturated rings. The summed E-state index contributed by atoms with van der Waals surface area (Å²) in [5, 5.41) is 21.0. The second kappa shape index (κ2) is 29.0. The van der Waals surface area contributed by atoms with Gasteiger partial charge in [-0.15, -0.1) is 0 Å². The van der Waals surface area contributed by atoms with Crippen LogP contribution in [0.1, 0.15) is 150 Å². The highest BCUT2D eigenvalue weighted by molar-refractivity contribution is 5.95. The van der Waals surface area contributed by atoms with Crippen LogP contribution in [-0.2, 0) is 49.5 Å². The van der Waals surface area contributed by atoms with Crippen molar-refractivity contribution in [3.05, 3.63) is 35.9 Å². The standard InChI is InChI=1S/C53H87N7O12/c1-9-11-12-20-26-43(70-30-35(3)54)36(4)48(64)59(8)42(21-10-2)46(62)58-44(38-24-18-13-14-19-25-38)47(63)56-40(29-55-50(67)71-31-37-22-16-15-17-23-37)45(61)57-41(49(65)66)32-69-39-27-53(28-39)33-60(34-53)51(68)72-52(5,6)7/h15-17,22-23,35-36,38-44H,9-14,18-21,24-34,54H2,1-8H3,(H,55,67)(H,56,63)(H,57,61)(H,58,62)(H,65,66)/t35-,36-,40+,41+,42+,43-,44+/m1/s1. The number of nitrogens with zero attached hydrogens (tertiary/aromatic N) is 2. The molecule has 3 aliphatic rings. The van der Waals surface area contributed by atoms with Crippen molar-refractivity contribution in [1.82, 2.24) is 31.1 Å². The van der Waals surface area contributed by atoms with Crippen molar-refractivity contribution in [2.45, 2.75) is 199 Å². The molecule has 1 saturated heterocycles. The molecule has 4 rings (SSSR count). The zero-order valence-corrected chi connectivity index (χ0v) is 44.3. The Labute approximate surface area is 427 Å². The predicted molar refractivity (Wildman–Crippen MR) is 271 cm³/mol. The summed E-state index contributed by atoms with van der Waals surface area (Å²) >= 11 is 0. The molecule has 406 valence electrons. The Morgan fingerprint density at radius 3 is 2.08 bits per heavy atom. The third-order valence-electron chi connectivity index (χ3n) is 13.9. The summed E-state index contributed by atoms with van der Waals surface area (Å²) in [4.78, 5) is 98.8. The number of carboxylic acid groups (broad SMARTS) is 1. The Morgan fingerprint density at radius 1 is 0.833 bits per heavy atom.